The number of piperidine rings is 1. The number of hydrogen-bond acceptors (Lipinski definition) is 4. The molecule has 0 radical (unpaired) electrons. The number of benzene rings is 1. The number of aromatic carboxylic acids is 1. The molecule has 2 amide bonds. The molecule has 216 valence electrons. The Morgan fingerprint density at radius 3 is 2.35 bits per heavy atom. The van der Waals surface area contributed by atoms with Crippen LogP contribution in [0.25, 0.3) is 5.69 Å². The number of hydrogen-bond donors (Lipinski definition) is 2. The van der Waals surface area contributed by atoms with Crippen molar-refractivity contribution in [3.8, 4) is 5.69 Å². The van der Waals surface area contributed by atoms with E-state index in [-0.39, 0.29) is 23.4 Å². The van der Waals surface area contributed by atoms with Gasteiger partial charge < -0.3 is 19.9 Å². The molecule has 1 aromatic carbocycles. The van der Waals surface area contributed by atoms with Crippen molar-refractivity contribution in [1.82, 2.24) is 19.7 Å². The normalized spacial score (nSPS) is 22.1. The van der Waals surface area contributed by atoms with E-state index >= 15 is 0 Å². The number of piperazine rings is 1. The van der Waals surface area contributed by atoms with E-state index in [2.05, 4.69) is 41.6 Å². The lowest BCUT2D eigenvalue weighted by Crippen LogP contribution is -2.73. The molecule has 3 fully saturated rings. The summed E-state index contributed by atoms with van der Waals surface area (Å²) in [6, 6.07) is 8.79. The summed E-state index contributed by atoms with van der Waals surface area (Å²) in [4.78, 5) is 43.0. The Kier molecular flexibility index (Phi) is 8.36. The molecule has 1 atom stereocenters. The first-order valence-electron chi connectivity index (χ1n) is 15.1. The second-order valence-electron chi connectivity index (χ2n) is 12.1. The van der Waals surface area contributed by atoms with Gasteiger partial charge in [-0.1, -0.05) is 39.0 Å². The molecule has 2 aromatic rings. The number of carboxylic acids is 1. The van der Waals surface area contributed by atoms with Crippen molar-refractivity contribution in [3.63, 3.8) is 0 Å². The maximum absolute atomic E-state index is 13.7. The molecule has 1 saturated carbocycles. The molecule has 0 bridgehead atoms. The van der Waals surface area contributed by atoms with E-state index in [1.165, 1.54) is 37.7 Å². The number of carbonyl (C=O) groups is 3. The summed E-state index contributed by atoms with van der Waals surface area (Å²) in [6.07, 6.45) is 9.01. The van der Waals surface area contributed by atoms with Gasteiger partial charge in [0.15, 0.2) is 0 Å². The van der Waals surface area contributed by atoms with E-state index in [4.69, 9.17) is 0 Å². The highest BCUT2D eigenvalue weighted by atomic mass is 16.4. The summed E-state index contributed by atoms with van der Waals surface area (Å²) in [5, 5.41) is 12.4. The number of aromatic nitrogens is 1. The summed E-state index contributed by atoms with van der Waals surface area (Å²) in [7, 11) is 0. The molecular formula is C32H44N4O4. The van der Waals surface area contributed by atoms with Crippen molar-refractivity contribution in [1.29, 1.82) is 0 Å². The van der Waals surface area contributed by atoms with Crippen molar-refractivity contribution >= 4 is 17.8 Å². The molecule has 1 spiro atoms. The van der Waals surface area contributed by atoms with Gasteiger partial charge in [-0.25, -0.2) is 4.79 Å². The molecule has 2 saturated heterocycles. The topological polar surface area (TPSA) is 94.9 Å². The van der Waals surface area contributed by atoms with Gasteiger partial charge in [-0.3, -0.25) is 14.5 Å². The molecule has 8 heteroatoms. The summed E-state index contributed by atoms with van der Waals surface area (Å²) < 4.78 is 2.16. The largest absolute Gasteiger partial charge is 0.478 e. The molecular weight excluding hydrogens is 504 g/mol. The highest BCUT2D eigenvalue weighted by Crippen LogP contribution is 2.36. The molecule has 5 rings (SSSR count). The summed E-state index contributed by atoms with van der Waals surface area (Å²) >= 11 is 0. The molecule has 1 aromatic heterocycles. The number of carbonyl (C=O) groups excluding carboxylic acids is 2. The van der Waals surface area contributed by atoms with Crippen molar-refractivity contribution in [2.24, 2.45) is 5.92 Å². The van der Waals surface area contributed by atoms with Crippen LogP contribution in [-0.4, -0.2) is 68.5 Å². The van der Waals surface area contributed by atoms with Crippen LogP contribution in [0.3, 0.4) is 0 Å². The first-order chi connectivity index (χ1) is 19.2. The van der Waals surface area contributed by atoms with E-state index in [1.807, 2.05) is 17.0 Å². The van der Waals surface area contributed by atoms with Gasteiger partial charge in [0.25, 0.3) is 0 Å². The lowest BCUT2D eigenvalue weighted by Gasteiger charge is -2.52. The fourth-order valence-corrected chi connectivity index (χ4v) is 7.30. The van der Waals surface area contributed by atoms with Crippen LogP contribution in [-0.2, 0) is 16.1 Å². The van der Waals surface area contributed by atoms with Crippen LogP contribution < -0.4 is 5.32 Å². The number of rotatable bonds is 8. The van der Waals surface area contributed by atoms with Crippen LogP contribution >= 0.6 is 0 Å². The number of nitrogens with zero attached hydrogens (tertiary/aromatic N) is 3. The predicted octanol–water partition coefficient (Wildman–Crippen LogP) is 4.83. The zero-order chi connectivity index (χ0) is 28.4. The van der Waals surface area contributed by atoms with Crippen LogP contribution in [0, 0.1) is 19.8 Å². The number of nitrogens with one attached hydrogen (secondary N) is 1. The van der Waals surface area contributed by atoms with Gasteiger partial charge in [-0.15, -0.1) is 0 Å². The Balaban J connectivity index is 1.27. The van der Waals surface area contributed by atoms with Gasteiger partial charge in [0.2, 0.25) is 11.8 Å². The average Bonchev–Trinajstić information content (AvgIpc) is 3.23. The SMILES string of the molecule is CCCN1C(=O)C(CC2CCCCC2)NC(=O)C12CCN(Cc1cc(C)n(-c3ccc(C(=O)O)cc3)c1C)CC2. The minimum absolute atomic E-state index is 0.0454. The minimum Gasteiger partial charge on any atom is -0.478 e. The lowest BCUT2D eigenvalue weighted by atomic mass is 9.79. The van der Waals surface area contributed by atoms with Crippen LogP contribution in [0.5, 0.6) is 0 Å². The third-order valence-electron chi connectivity index (χ3n) is 9.54. The number of carboxylic acid groups (broad SMARTS) is 1. The molecule has 40 heavy (non-hydrogen) atoms. The van der Waals surface area contributed by atoms with Crippen LogP contribution in [0.1, 0.15) is 92.0 Å². The Bertz CT molecular complexity index is 1240. The second-order valence-corrected chi connectivity index (χ2v) is 12.1. The first-order valence-corrected chi connectivity index (χ1v) is 15.1. The Morgan fingerprint density at radius 1 is 1.05 bits per heavy atom. The maximum Gasteiger partial charge on any atom is 0.335 e. The van der Waals surface area contributed by atoms with E-state index in [0.29, 0.717) is 25.3 Å². The summed E-state index contributed by atoms with van der Waals surface area (Å²) in [6.45, 7) is 9.17. The fourth-order valence-electron chi connectivity index (χ4n) is 7.30. The van der Waals surface area contributed by atoms with Crippen LogP contribution in [0.4, 0.5) is 0 Å². The summed E-state index contributed by atoms with van der Waals surface area (Å²) in [5.74, 6) is -0.222. The molecule has 3 heterocycles. The van der Waals surface area contributed by atoms with Gasteiger partial charge in [0, 0.05) is 43.3 Å². The summed E-state index contributed by atoms with van der Waals surface area (Å²) in [5.41, 5.74) is 3.92. The van der Waals surface area contributed by atoms with Crippen molar-refractivity contribution < 1.29 is 19.5 Å². The quantitative estimate of drug-likeness (QED) is 0.493. The lowest BCUT2D eigenvalue weighted by molar-refractivity contribution is -0.162. The number of aryl methyl sites for hydroxylation is 1. The van der Waals surface area contributed by atoms with E-state index in [9.17, 15) is 19.5 Å². The van der Waals surface area contributed by atoms with Crippen molar-refractivity contribution in [2.45, 2.75) is 96.7 Å². The molecule has 8 nitrogen and oxygen atoms in total. The van der Waals surface area contributed by atoms with Crippen molar-refractivity contribution in [3.05, 3.63) is 52.8 Å². The third kappa shape index (κ3) is 5.42. The van der Waals surface area contributed by atoms with Crippen molar-refractivity contribution in [2.75, 3.05) is 19.6 Å². The zero-order valence-electron chi connectivity index (χ0n) is 24.2. The molecule has 1 unspecified atom stereocenters. The van der Waals surface area contributed by atoms with E-state index < -0.39 is 11.5 Å². The van der Waals surface area contributed by atoms with Crippen LogP contribution in [0.2, 0.25) is 0 Å². The number of likely N-dealkylation sites (tertiary alicyclic amines) is 1. The Morgan fingerprint density at radius 2 is 1.73 bits per heavy atom. The third-order valence-corrected chi connectivity index (χ3v) is 9.54. The first kappa shape index (κ1) is 28.4. The standard InChI is InChI=1S/C32H44N4O4/c1-4-16-35-29(37)28(20-24-8-6-5-7-9-24)33-31(40)32(35)14-17-34(18-15-32)21-26-19-22(2)36(23(26)3)27-12-10-25(11-13-27)30(38)39/h10-13,19,24,28H,4-9,14-18,20-21H2,1-3H3,(H,33,40)(H,38,39). The van der Waals surface area contributed by atoms with Gasteiger partial charge in [0.05, 0.1) is 5.56 Å². The zero-order valence-corrected chi connectivity index (χ0v) is 24.2. The fraction of sp³-hybridized carbons (Fsp3) is 0.594. The smallest absolute Gasteiger partial charge is 0.335 e. The maximum atomic E-state index is 13.7. The second kappa shape index (κ2) is 11.8. The average molecular weight is 549 g/mol. The highest BCUT2D eigenvalue weighted by Gasteiger charge is 2.53. The predicted molar refractivity (Wildman–Crippen MR) is 155 cm³/mol. The van der Waals surface area contributed by atoms with Gasteiger partial charge in [-0.2, -0.15) is 0 Å². The van der Waals surface area contributed by atoms with Gasteiger partial charge in [0.1, 0.15) is 11.6 Å². The van der Waals surface area contributed by atoms with Crippen LogP contribution in [0.15, 0.2) is 30.3 Å². The number of amides is 2. The molecule has 2 aliphatic heterocycles. The van der Waals surface area contributed by atoms with Gasteiger partial charge >= 0.3 is 5.97 Å². The van der Waals surface area contributed by atoms with E-state index in [1.54, 1.807) is 12.1 Å². The molecule has 2 N–H and O–H groups in total. The molecule has 3 aliphatic rings. The van der Waals surface area contributed by atoms with E-state index in [0.717, 1.165) is 49.6 Å². The minimum atomic E-state index is -0.929. The monoisotopic (exact) mass is 548 g/mol. The molecule has 1 aliphatic carbocycles. The Hall–Kier alpha value is -3.13. The highest BCUT2D eigenvalue weighted by molar-refractivity contribution is 6.00. The Labute approximate surface area is 237 Å². The van der Waals surface area contributed by atoms with Gasteiger partial charge in [-0.05, 0) is 81.3 Å².